The van der Waals surface area contributed by atoms with Crippen LogP contribution in [0.3, 0.4) is 0 Å². The molecule has 0 spiro atoms. The van der Waals surface area contributed by atoms with E-state index in [9.17, 15) is 0 Å². The number of fused-ring (bicyclic) bond motifs is 7. The van der Waals surface area contributed by atoms with E-state index < -0.39 is 0 Å². The van der Waals surface area contributed by atoms with E-state index in [-0.39, 0.29) is 0 Å². The normalized spacial score (nSPS) is 11.5. The maximum atomic E-state index is 2.45. The first-order chi connectivity index (χ1) is 25.3. The predicted molar refractivity (Wildman–Crippen MR) is 223 cm³/mol. The van der Waals surface area contributed by atoms with Gasteiger partial charge in [0, 0.05) is 57.3 Å². The van der Waals surface area contributed by atoms with E-state index in [1.807, 2.05) is 22.7 Å². The van der Waals surface area contributed by atoms with E-state index in [0.29, 0.717) is 0 Å². The first-order valence-corrected chi connectivity index (χ1v) is 18.9. The molecule has 0 radical (unpaired) electrons. The summed E-state index contributed by atoms with van der Waals surface area (Å²) in [5, 5.41) is 5.36. The largest absolute Gasteiger partial charge is 0.310 e. The zero-order valence-corrected chi connectivity index (χ0v) is 29.3. The van der Waals surface area contributed by atoms with Crippen molar-refractivity contribution in [2.75, 3.05) is 4.90 Å². The van der Waals surface area contributed by atoms with Gasteiger partial charge in [-0.15, -0.1) is 22.7 Å². The van der Waals surface area contributed by atoms with Crippen LogP contribution >= 0.6 is 22.7 Å². The summed E-state index contributed by atoms with van der Waals surface area (Å²) in [5.74, 6) is 0. The summed E-state index contributed by atoms with van der Waals surface area (Å²) in [5.41, 5.74) is 10.7. The molecule has 0 fully saturated rings. The maximum Gasteiger partial charge on any atom is 0.0547 e. The van der Waals surface area contributed by atoms with E-state index >= 15 is 0 Å². The minimum absolute atomic E-state index is 1.12. The van der Waals surface area contributed by atoms with Crippen LogP contribution < -0.4 is 4.90 Å². The Bertz CT molecular complexity index is 2730. The van der Waals surface area contributed by atoms with Crippen LogP contribution in [0.25, 0.3) is 73.7 Å². The Hall–Kier alpha value is -6.00. The van der Waals surface area contributed by atoms with Gasteiger partial charge in [0.15, 0.2) is 0 Å². The molecule has 10 aromatic rings. The van der Waals surface area contributed by atoms with Crippen LogP contribution in [0.4, 0.5) is 17.1 Å². The van der Waals surface area contributed by atoms with Crippen molar-refractivity contribution in [2.24, 2.45) is 0 Å². The van der Waals surface area contributed by atoms with Crippen molar-refractivity contribution >= 4 is 80.1 Å². The Morgan fingerprint density at radius 1 is 0.294 bits per heavy atom. The number of hydrogen-bond donors (Lipinski definition) is 0. The Labute approximate surface area is 304 Å². The molecule has 0 aliphatic heterocycles. The summed E-state index contributed by atoms with van der Waals surface area (Å²) in [6, 6.07) is 68.5. The van der Waals surface area contributed by atoms with Crippen LogP contribution in [0.15, 0.2) is 188 Å². The zero-order chi connectivity index (χ0) is 33.7. The lowest BCUT2D eigenvalue weighted by atomic mass is 9.94. The van der Waals surface area contributed by atoms with Gasteiger partial charge >= 0.3 is 0 Å². The fraction of sp³-hybridized carbons (Fsp3) is 0. The van der Waals surface area contributed by atoms with E-state index in [4.69, 9.17) is 0 Å². The van der Waals surface area contributed by atoms with Gasteiger partial charge in [-0.2, -0.15) is 0 Å². The number of thiophene rings is 2. The molecule has 2 heterocycles. The van der Waals surface area contributed by atoms with Crippen molar-refractivity contribution in [3.8, 4) is 33.4 Å². The van der Waals surface area contributed by atoms with Crippen molar-refractivity contribution in [1.82, 2.24) is 0 Å². The lowest BCUT2D eigenvalue weighted by Crippen LogP contribution is -2.11. The summed E-state index contributed by atoms with van der Waals surface area (Å²) in [6.07, 6.45) is 0. The number of anilines is 3. The maximum absolute atomic E-state index is 2.45. The van der Waals surface area contributed by atoms with Gasteiger partial charge in [0.1, 0.15) is 0 Å². The van der Waals surface area contributed by atoms with Gasteiger partial charge in [-0.05, 0) is 82.4 Å². The van der Waals surface area contributed by atoms with Gasteiger partial charge in [0.2, 0.25) is 0 Å². The molecule has 0 amide bonds. The molecule has 0 aliphatic rings. The van der Waals surface area contributed by atoms with Gasteiger partial charge in [-0.3, -0.25) is 0 Å². The predicted octanol–water partition coefficient (Wildman–Crippen LogP) is 14.9. The highest BCUT2D eigenvalue weighted by Gasteiger charge is 2.23. The third-order valence-corrected chi connectivity index (χ3v) is 12.1. The second-order valence-corrected chi connectivity index (χ2v) is 15.0. The highest BCUT2D eigenvalue weighted by Crippen LogP contribution is 2.51. The Kier molecular flexibility index (Phi) is 7.26. The average molecular weight is 686 g/mol. The molecule has 0 bridgehead atoms. The Morgan fingerprint density at radius 2 is 0.725 bits per heavy atom. The number of rotatable bonds is 6. The smallest absolute Gasteiger partial charge is 0.0547 e. The average Bonchev–Trinajstić information content (AvgIpc) is 3.78. The van der Waals surface area contributed by atoms with Crippen molar-refractivity contribution in [3.05, 3.63) is 188 Å². The summed E-state index contributed by atoms with van der Waals surface area (Å²) in [7, 11) is 0. The molecular weight excluding hydrogens is 655 g/mol. The molecule has 8 aromatic carbocycles. The van der Waals surface area contributed by atoms with Crippen molar-refractivity contribution in [2.45, 2.75) is 0 Å². The first-order valence-electron chi connectivity index (χ1n) is 17.3. The lowest BCUT2D eigenvalue weighted by molar-refractivity contribution is 1.29. The van der Waals surface area contributed by atoms with Gasteiger partial charge in [-0.25, -0.2) is 0 Å². The van der Waals surface area contributed by atoms with Gasteiger partial charge in [0.05, 0.1) is 5.69 Å². The quantitative estimate of drug-likeness (QED) is 0.168. The number of nitrogens with zero attached hydrogens (tertiary/aromatic N) is 1. The van der Waals surface area contributed by atoms with Crippen molar-refractivity contribution in [3.63, 3.8) is 0 Å². The fourth-order valence-electron chi connectivity index (χ4n) is 7.53. The second-order valence-electron chi connectivity index (χ2n) is 12.9. The standard InChI is InChI=1S/C48H31NS2/c1-4-12-32(13-5-1)34-20-24-37(25-21-34)49(38-26-22-35(23-27-38)33-14-6-2-7-15-33)40-28-29-43-47(45(40)36-16-8-3-9-17-36)48-44(51-43)31-30-42-46(48)39-18-10-11-19-41(39)50-42/h1-31H. The number of hydrogen-bond acceptors (Lipinski definition) is 3. The molecule has 1 nitrogen and oxygen atoms in total. The third-order valence-electron chi connectivity index (χ3n) is 9.89. The van der Waals surface area contributed by atoms with Crippen LogP contribution in [0, 0.1) is 0 Å². The molecule has 0 unspecified atom stereocenters. The van der Waals surface area contributed by atoms with Crippen LogP contribution in [0.1, 0.15) is 0 Å². The minimum Gasteiger partial charge on any atom is -0.310 e. The molecule has 3 heteroatoms. The van der Waals surface area contributed by atoms with Crippen molar-refractivity contribution < 1.29 is 0 Å². The lowest BCUT2D eigenvalue weighted by Gasteiger charge is -2.29. The summed E-state index contributed by atoms with van der Waals surface area (Å²) < 4.78 is 5.28. The molecule has 2 aromatic heterocycles. The summed E-state index contributed by atoms with van der Waals surface area (Å²) in [4.78, 5) is 2.45. The Morgan fingerprint density at radius 3 is 1.31 bits per heavy atom. The molecule has 10 rings (SSSR count). The Balaban J connectivity index is 1.27. The van der Waals surface area contributed by atoms with Gasteiger partial charge in [-0.1, -0.05) is 133 Å². The summed E-state index contributed by atoms with van der Waals surface area (Å²) >= 11 is 3.78. The number of benzene rings is 8. The van der Waals surface area contributed by atoms with Crippen LogP contribution in [0.2, 0.25) is 0 Å². The monoisotopic (exact) mass is 685 g/mol. The molecule has 0 N–H and O–H groups in total. The van der Waals surface area contributed by atoms with E-state index in [2.05, 4.69) is 193 Å². The van der Waals surface area contributed by atoms with Crippen LogP contribution in [-0.4, -0.2) is 0 Å². The molecule has 0 saturated heterocycles. The highest BCUT2D eigenvalue weighted by atomic mass is 32.1. The first kappa shape index (κ1) is 29.9. The zero-order valence-electron chi connectivity index (χ0n) is 27.7. The van der Waals surface area contributed by atoms with Crippen LogP contribution in [0.5, 0.6) is 0 Å². The van der Waals surface area contributed by atoms with Gasteiger partial charge < -0.3 is 4.90 Å². The highest BCUT2D eigenvalue weighted by molar-refractivity contribution is 7.28. The molecule has 51 heavy (non-hydrogen) atoms. The molecular formula is C48H31NS2. The molecule has 240 valence electrons. The summed E-state index contributed by atoms with van der Waals surface area (Å²) in [6.45, 7) is 0. The van der Waals surface area contributed by atoms with E-state index in [1.54, 1.807) is 0 Å². The van der Waals surface area contributed by atoms with Gasteiger partial charge in [0.25, 0.3) is 0 Å². The van der Waals surface area contributed by atoms with E-state index in [1.165, 1.54) is 73.7 Å². The SMILES string of the molecule is c1ccc(-c2ccc(N(c3ccc(-c4ccccc4)cc3)c3ccc4sc5ccc6sc7ccccc7c6c5c4c3-c3ccccc3)cc2)cc1. The topological polar surface area (TPSA) is 3.24 Å². The third kappa shape index (κ3) is 5.13. The molecule has 0 saturated carbocycles. The fourth-order valence-corrected chi connectivity index (χ4v) is 9.77. The molecule has 0 aliphatic carbocycles. The molecule has 0 atom stereocenters. The van der Waals surface area contributed by atoms with E-state index in [0.717, 1.165) is 17.1 Å². The second kappa shape index (κ2) is 12.4. The van der Waals surface area contributed by atoms with Crippen LogP contribution in [-0.2, 0) is 0 Å². The van der Waals surface area contributed by atoms with Crippen molar-refractivity contribution in [1.29, 1.82) is 0 Å². The minimum atomic E-state index is 1.12.